The molecule has 4 aromatic rings. The number of carbonyl (C=O) groups is 2. The number of hydrogen-bond donors (Lipinski definition) is 0. The highest BCUT2D eigenvalue weighted by molar-refractivity contribution is 8.18. The van der Waals surface area contributed by atoms with E-state index in [0.29, 0.717) is 10.6 Å². The summed E-state index contributed by atoms with van der Waals surface area (Å²) in [7, 11) is -4.14. The molecule has 198 valence electrons. The molecule has 0 N–H and O–H groups in total. The minimum atomic E-state index is -4.14. The van der Waals surface area contributed by atoms with Gasteiger partial charge in [0.05, 0.1) is 18.1 Å². The van der Waals surface area contributed by atoms with Crippen molar-refractivity contribution in [2.24, 2.45) is 0 Å². The Balaban J connectivity index is 1.39. The van der Waals surface area contributed by atoms with Gasteiger partial charge in [-0.15, -0.1) is 0 Å². The van der Waals surface area contributed by atoms with Crippen LogP contribution in [0.5, 0.6) is 11.5 Å². The van der Waals surface area contributed by atoms with Crippen LogP contribution >= 0.6 is 23.4 Å². The van der Waals surface area contributed by atoms with E-state index in [1.54, 1.807) is 25.1 Å². The summed E-state index contributed by atoms with van der Waals surface area (Å²) in [5.74, 6) is -0.228. The van der Waals surface area contributed by atoms with E-state index in [0.717, 1.165) is 28.1 Å². The Morgan fingerprint density at radius 1 is 0.923 bits per heavy atom. The summed E-state index contributed by atoms with van der Waals surface area (Å²) < 4.78 is 36.5. The summed E-state index contributed by atoms with van der Waals surface area (Å²) in [6.07, 6.45) is 1.58. The second-order valence-electron chi connectivity index (χ2n) is 8.54. The van der Waals surface area contributed by atoms with E-state index >= 15 is 0 Å². The highest BCUT2D eigenvalue weighted by Gasteiger charge is 2.35. The van der Waals surface area contributed by atoms with Gasteiger partial charge in [0.25, 0.3) is 11.1 Å². The van der Waals surface area contributed by atoms with Crippen molar-refractivity contribution in [1.29, 1.82) is 0 Å². The molecule has 1 heterocycles. The number of halogens is 1. The number of benzene rings is 4. The lowest BCUT2D eigenvalue weighted by molar-refractivity contribution is -0.123. The van der Waals surface area contributed by atoms with Crippen LogP contribution in [0.4, 0.5) is 4.79 Å². The Morgan fingerprint density at radius 2 is 1.67 bits per heavy atom. The molecule has 4 aromatic carbocycles. The first-order valence-electron chi connectivity index (χ1n) is 11.9. The molecule has 10 heteroatoms. The van der Waals surface area contributed by atoms with Crippen molar-refractivity contribution in [1.82, 2.24) is 4.90 Å². The summed E-state index contributed by atoms with van der Waals surface area (Å²) in [6.45, 7) is 2.16. The quantitative estimate of drug-likeness (QED) is 0.166. The van der Waals surface area contributed by atoms with E-state index in [1.165, 1.54) is 35.2 Å². The SMILES string of the molecule is CCOc1cc(/C=C2\SC(=O)N(Cc3cccc4ccccc34)C2=O)ccc1OS(=O)(=O)c1ccc(Cl)cc1. The Labute approximate surface area is 235 Å². The van der Waals surface area contributed by atoms with Gasteiger partial charge in [-0.2, -0.15) is 8.42 Å². The van der Waals surface area contributed by atoms with Gasteiger partial charge in [-0.05, 0) is 83.1 Å². The molecule has 2 amide bonds. The molecule has 7 nitrogen and oxygen atoms in total. The zero-order valence-electron chi connectivity index (χ0n) is 20.7. The third-order valence-electron chi connectivity index (χ3n) is 5.95. The molecule has 1 fully saturated rings. The van der Waals surface area contributed by atoms with Gasteiger partial charge in [0.15, 0.2) is 11.5 Å². The predicted molar refractivity (Wildman–Crippen MR) is 152 cm³/mol. The van der Waals surface area contributed by atoms with Crippen LogP contribution in [0, 0.1) is 0 Å². The third-order valence-corrected chi connectivity index (χ3v) is 8.36. The number of thioether (sulfide) groups is 1. The van der Waals surface area contributed by atoms with Crippen LogP contribution in [-0.2, 0) is 21.5 Å². The molecule has 0 unspecified atom stereocenters. The summed E-state index contributed by atoms with van der Waals surface area (Å²) in [5.41, 5.74) is 1.42. The van der Waals surface area contributed by atoms with Crippen molar-refractivity contribution in [2.45, 2.75) is 18.4 Å². The number of nitrogens with zero attached hydrogens (tertiary/aromatic N) is 1. The smallest absolute Gasteiger partial charge is 0.339 e. The molecule has 0 saturated carbocycles. The molecule has 1 aliphatic heterocycles. The molecular formula is C29H22ClNO6S2. The summed E-state index contributed by atoms with van der Waals surface area (Å²) in [4.78, 5) is 27.4. The van der Waals surface area contributed by atoms with Crippen molar-refractivity contribution >= 4 is 61.5 Å². The van der Waals surface area contributed by atoms with Crippen LogP contribution < -0.4 is 8.92 Å². The van der Waals surface area contributed by atoms with Gasteiger partial charge >= 0.3 is 10.1 Å². The Bertz CT molecular complexity index is 1710. The maximum absolute atomic E-state index is 13.2. The zero-order valence-corrected chi connectivity index (χ0v) is 23.1. The maximum Gasteiger partial charge on any atom is 0.339 e. The van der Waals surface area contributed by atoms with Crippen molar-refractivity contribution in [2.75, 3.05) is 6.61 Å². The Morgan fingerprint density at radius 3 is 2.44 bits per heavy atom. The molecular weight excluding hydrogens is 558 g/mol. The lowest BCUT2D eigenvalue weighted by Crippen LogP contribution is -2.27. The molecule has 1 saturated heterocycles. The highest BCUT2D eigenvalue weighted by atomic mass is 35.5. The Hall–Kier alpha value is -3.79. The molecule has 0 aliphatic carbocycles. The predicted octanol–water partition coefficient (Wildman–Crippen LogP) is 6.90. The molecule has 0 aromatic heterocycles. The first-order chi connectivity index (χ1) is 18.7. The summed E-state index contributed by atoms with van der Waals surface area (Å²) in [6, 6.07) is 23.8. The number of amides is 2. The minimum absolute atomic E-state index is 0.00647. The lowest BCUT2D eigenvalue weighted by atomic mass is 10.0. The van der Waals surface area contributed by atoms with Crippen LogP contribution in [0.1, 0.15) is 18.1 Å². The first kappa shape index (κ1) is 26.8. The number of rotatable bonds is 8. The van der Waals surface area contributed by atoms with E-state index in [4.69, 9.17) is 20.5 Å². The first-order valence-corrected chi connectivity index (χ1v) is 14.5. The molecule has 0 bridgehead atoms. The van der Waals surface area contributed by atoms with Gasteiger partial charge in [0.1, 0.15) is 4.90 Å². The fraction of sp³-hybridized carbons (Fsp3) is 0.103. The summed E-state index contributed by atoms with van der Waals surface area (Å²) >= 11 is 6.71. The number of carbonyl (C=O) groups excluding carboxylic acids is 2. The van der Waals surface area contributed by atoms with Crippen molar-refractivity contribution < 1.29 is 26.9 Å². The topological polar surface area (TPSA) is 90.0 Å². The minimum Gasteiger partial charge on any atom is -0.490 e. The van der Waals surface area contributed by atoms with Crippen LogP contribution in [0.25, 0.3) is 16.8 Å². The second kappa shape index (κ2) is 11.1. The fourth-order valence-electron chi connectivity index (χ4n) is 4.11. The molecule has 0 spiro atoms. The number of imide groups is 1. The highest BCUT2D eigenvalue weighted by Crippen LogP contribution is 2.37. The van der Waals surface area contributed by atoms with Gasteiger partial charge in [-0.1, -0.05) is 60.1 Å². The molecule has 0 radical (unpaired) electrons. The molecule has 5 rings (SSSR count). The van der Waals surface area contributed by atoms with Gasteiger partial charge in [0, 0.05) is 5.02 Å². The number of fused-ring (bicyclic) bond motifs is 1. The standard InChI is InChI=1S/C29H22ClNO6S2/c1-2-36-26-16-19(10-15-25(26)37-39(34,35)23-13-11-22(30)12-14-23)17-27-28(32)31(29(33)38-27)18-21-8-5-7-20-6-3-4-9-24(20)21/h3-17H,2,18H2,1H3/b27-17-. The van der Waals surface area contributed by atoms with Crippen LogP contribution in [0.2, 0.25) is 5.02 Å². The van der Waals surface area contributed by atoms with Crippen molar-refractivity contribution in [3.63, 3.8) is 0 Å². The van der Waals surface area contributed by atoms with Gasteiger partial charge in [-0.25, -0.2) is 0 Å². The van der Waals surface area contributed by atoms with Crippen LogP contribution in [0.3, 0.4) is 0 Å². The van der Waals surface area contributed by atoms with Crippen molar-refractivity contribution in [3.05, 3.63) is 106 Å². The second-order valence-corrected chi connectivity index (χ2v) is 11.5. The molecule has 39 heavy (non-hydrogen) atoms. The largest absolute Gasteiger partial charge is 0.490 e. The van der Waals surface area contributed by atoms with Crippen LogP contribution in [0.15, 0.2) is 94.7 Å². The van der Waals surface area contributed by atoms with Crippen LogP contribution in [-0.4, -0.2) is 31.1 Å². The van der Waals surface area contributed by atoms with Gasteiger partial charge in [0.2, 0.25) is 0 Å². The van der Waals surface area contributed by atoms with E-state index in [2.05, 4.69) is 0 Å². The van der Waals surface area contributed by atoms with E-state index < -0.39 is 16.0 Å². The van der Waals surface area contributed by atoms with E-state index in [9.17, 15) is 18.0 Å². The monoisotopic (exact) mass is 579 g/mol. The summed E-state index contributed by atoms with van der Waals surface area (Å²) in [5, 5.41) is 2.04. The normalized spacial score (nSPS) is 14.8. The average Bonchev–Trinajstić information content (AvgIpc) is 3.18. The molecule has 0 atom stereocenters. The fourth-order valence-corrected chi connectivity index (χ4v) is 6.01. The number of hydrogen-bond acceptors (Lipinski definition) is 7. The number of ether oxygens (including phenoxy) is 1. The van der Waals surface area contributed by atoms with E-state index in [-0.39, 0.29) is 39.7 Å². The van der Waals surface area contributed by atoms with Crippen molar-refractivity contribution in [3.8, 4) is 11.5 Å². The van der Waals surface area contributed by atoms with Gasteiger partial charge < -0.3 is 8.92 Å². The maximum atomic E-state index is 13.2. The Kier molecular flexibility index (Phi) is 7.65. The average molecular weight is 580 g/mol. The van der Waals surface area contributed by atoms with Gasteiger partial charge in [-0.3, -0.25) is 14.5 Å². The van der Waals surface area contributed by atoms with E-state index in [1.807, 2.05) is 42.5 Å². The molecule has 1 aliphatic rings. The third kappa shape index (κ3) is 5.80. The lowest BCUT2D eigenvalue weighted by Gasteiger charge is -2.14. The zero-order chi connectivity index (χ0) is 27.6.